The van der Waals surface area contributed by atoms with Gasteiger partial charge in [-0.25, -0.2) is 9.78 Å². The van der Waals surface area contributed by atoms with Crippen LogP contribution < -0.4 is 10.6 Å². The van der Waals surface area contributed by atoms with Crippen molar-refractivity contribution in [2.75, 3.05) is 6.54 Å². The highest BCUT2D eigenvalue weighted by Crippen LogP contribution is 2.16. The number of amides is 2. The van der Waals surface area contributed by atoms with Gasteiger partial charge in [-0.3, -0.25) is 0 Å². The van der Waals surface area contributed by atoms with Crippen LogP contribution in [-0.2, 0) is 6.54 Å². The zero-order valence-electron chi connectivity index (χ0n) is 10.9. The van der Waals surface area contributed by atoms with Gasteiger partial charge in [0.25, 0.3) is 0 Å². The van der Waals surface area contributed by atoms with E-state index in [-0.39, 0.29) is 6.54 Å². The molecule has 0 saturated carbocycles. The van der Waals surface area contributed by atoms with Crippen molar-refractivity contribution in [1.82, 2.24) is 20.6 Å². The third-order valence-corrected chi connectivity index (χ3v) is 2.60. The molecule has 2 rings (SSSR count). The van der Waals surface area contributed by atoms with E-state index in [1.54, 1.807) is 35.9 Å². The van der Waals surface area contributed by atoms with Crippen LogP contribution in [0.25, 0.3) is 11.4 Å². The van der Waals surface area contributed by atoms with E-state index in [4.69, 9.17) is 0 Å². The topological polar surface area (TPSA) is 69.8 Å². The summed E-state index contributed by atoms with van der Waals surface area (Å²) in [5, 5.41) is 4.10. The van der Waals surface area contributed by atoms with Crippen molar-refractivity contribution < 1.29 is 18.0 Å². The molecule has 21 heavy (non-hydrogen) atoms. The minimum Gasteiger partial charge on any atom is -0.345 e. The Kier molecular flexibility index (Phi) is 4.46. The van der Waals surface area contributed by atoms with Crippen LogP contribution in [0, 0.1) is 0 Å². The molecule has 1 heterocycles. The van der Waals surface area contributed by atoms with Crippen LogP contribution in [0.4, 0.5) is 18.0 Å². The first kappa shape index (κ1) is 14.9. The van der Waals surface area contributed by atoms with Crippen LogP contribution in [0.5, 0.6) is 0 Å². The number of carbonyl (C=O) groups excluding carboxylic acids is 1. The normalized spacial score (nSPS) is 11.2. The van der Waals surface area contributed by atoms with E-state index < -0.39 is 18.8 Å². The summed E-state index contributed by atoms with van der Waals surface area (Å²) in [6.07, 6.45) is -1.12. The van der Waals surface area contributed by atoms with Gasteiger partial charge in [-0.1, -0.05) is 18.2 Å². The Hall–Kier alpha value is -2.51. The molecule has 0 radical (unpaired) electrons. The summed E-state index contributed by atoms with van der Waals surface area (Å²) < 4.78 is 35.8. The number of alkyl halides is 3. The minimum atomic E-state index is -4.42. The molecular weight excluding hydrogens is 285 g/mol. The third-order valence-electron chi connectivity index (χ3n) is 2.60. The van der Waals surface area contributed by atoms with E-state index in [0.717, 1.165) is 11.1 Å². The van der Waals surface area contributed by atoms with Crippen molar-refractivity contribution in [2.24, 2.45) is 0 Å². The van der Waals surface area contributed by atoms with Crippen molar-refractivity contribution in [3.8, 4) is 11.4 Å². The number of nitrogens with zero attached hydrogens (tertiary/aromatic N) is 1. The molecule has 2 aromatic rings. The highest BCUT2D eigenvalue weighted by Gasteiger charge is 2.27. The quantitative estimate of drug-likeness (QED) is 0.811. The number of carbonyl (C=O) groups is 1. The fourth-order valence-corrected chi connectivity index (χ4v) is 1.68. The smallest absolute Gasteiger partial charge is 0.345 e. The molecule has 0 unspecified atom stereocenters. The average Bonchev–Trinajstić information content (AvgIpc) is 2.96. The predicted octanol–water partition coefficient (Wildman–Crippen LogP) is 2.44. The minimum absolute atomic E-state index is 0.123. The van der Waals surface area contributed by atoms with Gasteiger partial charge in [-0.2, -0.15) is 13.2 Å². The number of aromatic amines is 1. The number of hydrogen-bond donors (Lipinski definition) is 3. The number of rotatable bonds is 4. The van der Waals surface area contributed by atoms with Crippen molar-refractivity contribution in [2.45, 2.75) is 12.7 Å². The Balaban J connectivity index is 1.89. The molecule has 3 N–H and O–H groups in total. The first-order valence-electron chi connectivity index (χ1n) is 6.11. The maximum Gasteiger partial charge on any atom is 0.405 e. The molecule has 0 fully saturated rings. The van der Waals surface area contributed by atoms with E-state index in [1.165, 1.54) is 0 Å². The molecule has 0 atom stereocenters. The van der Waals surface area contributed by atoms with Crippen LogP contribution in [0.1, 0.15) is 5.56 Å². The lowest BCUT2D eigenvalue weighted by atomic mass is 10.1. The molecule has 0 aliphatic heterocycles. The maximum atomic E-state index is 11.9. The third kappa shape index (κ3) is 4.83. The van der Waals surface area contributed by atoms with Gasteiger partial charge >= 0.3 is 12.2 Å². The number of benzene rings is 1. The zero-order valence-corrected chi connectivity index (χ0v) is 10.9. The maximum absolute atomic E-state index is 11.9. The highest BCUT2D eigenvalue weighted by molar-refractivity contribution is 5.73. The van der Waals surface area contributed by atoms with Gasteiger partial charge in [0.05, 0.1) is 0 Å². The number of imidazole rings is 1. The zero-order chi connectivity index (χ0) is 15.3. The Morgan fingerprint density at radius 1 is 1.29 bits per heavy atom. The Bertz CT molecular complexity index is 596. The van der Waals surface area contributed by atoms with Crippen LogP contribution >= 0.6 is 0 Å². The molecule has 5 nitrogen and oxygen atoms in total. The van der Waals surface area contributed by atoms with Crippen LogP contribution in [0.15, 0.2) is 36.7 Å². The Morgan fingerprint density at radius 2 is 2.10 bits per heavy atom. The monoisotopic (exact) mass is 298 g/mol. The molecule has 0 aliphatic carbocycles. The van der Waals surface area contributed by atoms with Crippen LogP contribution in [-0.4, -0.2) is 28.7 Å². The Morgan fingerprint density at radius 3 is 2.76 bits per heavy atom. The molecule has 2 amide bonds. The van der Waals surface area contributed by atoms with Crippen molar-refractivity contribution in [3.05, 3.63) is 42.2 Å². The molecule has 0 bridgehead atoms. The second kappa shape index (κ2) is 6.29. The Labute approximate surface area is 118 Å². The average molecular weight is 298 g/mol. The molecule has 0 aliphatic rings. The lowest BCUT2D eigenvalue weighted by Gasteiger charge is -2.10. The number of H-pyrrole nitrogens is 1. The molecular formula is C13H13F3N4O. The summed E-state index contributed by atoms with van der Waals surface area (Å²) >= 11 is 0. The van der Waals surface area contributed by atoms with E-state index >= 15 is 0 Å². The van der Waals surface area contributed by atoms with E-state index in [1.807, 2.05) is 6.07 Å². The van der Waals surface area contributed by atoms with Gasteiger partial charge in [-0.05, 0) is 11.6 Å². The molecule has 112 valence electrons. The molecule has 0 spiro atoms. The number of aromatic nitrogens is 2. The lowest BCUT2D eigenvalue weighted by Crippen LogP contribution is -2.40. The molecule has 0 saturated heterocycles. The van der Waals surface area contributed by atoms with Crippen molar-refractivity contribution in [1.29, 1.82) is 0 Å². The standard InChI is InChI=1S/C13H13F3N4O/c14-13(15,16)8-20-12(21)19-7-9-2-1-3-10(6-9)11-17-4-5-18-11/h1-6H,7-8H2,(H,17,18)(H2,19,20,21). The fraction of sp³-hybridized carbons (Fsp3) is 0.231. The number of urea groups is 1. The predicted molar refractivity (Wildman–Crippen MR) is 70.3 cm³/mol. The summed E-state index contributed by atoms with van der Waals surface area (Å²) in [7, 11) is 0. The van der Waals surface area contributed by atoms with Gasteiger partial charge in [-0.15, -0.1) is 0 Å². The first-order valence-corrected chi connectivity index (χ1v) is 6.11. The lowest BCUT2D eigenvalue weighted by molar-refractivity contribution is -0.122. The summed E-state index contributed by atoms with van der Waals surface area (Å²) in [5.74, 6) is 0.679. The SMILES string of the molecule is O=C(NCc1cccc(-c2ncc[nH]2)c1)NCC(F)(F)F. The first-order chi connectivity index (χ1) is 9.94. The largest absolute Gasteiger partial charge is 0.405 e. The summed E-state index contributed by atoms with van der Waals surface area (Å²) in [6, 6.07) is 6.31. The van der Waals surface area contributed by atoms with Gasteiger partial charge in [0, 0.05) is 24.5 Å². The molecule has 1 aromatic heterocycles. The summed E-state index contributed by atoms with van der Waals surface area (Å²) in [6.45, 7) is -1.23. The number of halogens is 3. The fourth-order valence-electron chi connectivity index (χ4n) is 1.68. The molecule has 1 aromatic carbocycles. The number of nitrogens with one attached hydrogen (secondary N) is 3. The van der Waals surface area contributed by atoms with Gasteiger partial charge in [0.2, 0.25) is 0 Å². The van der Waals surface area contributed by atoms with Gasteiger partial charge in [0.1, 0.15) is 12.4 Å². The summed E-state index contributed by atoms with van der Waals surface area (Å²) in [5.41, 5.74) is 1.58. The van der Waals surface area contributed by atoms with E-state index in [9.17, 15) is 18.0 Å². The van der Waals surface area contributed by atoms with E-state index in [0.29, 0.717) is 5.82 Å². The summed E-state index contributed by atoms with van der Waals surface area (Å²) in [4.78, 5) is 18.3. The van der Waals surface area contributed by atoms with Crippen molar-refractivity contribution >= 4 is 6.03 Å². The second-order valence-corrected chi connectivity index (χ2v) is 4.29. The van der Waals surface area contributed by atoms with E-state index in [2.05, 4.69) is 15.3 Å². The van der Waals surface area contributed by atoms with Crippen LogP contribution in [0.2, 0.25) is 0 Å². The molecule has 8 heteroatoms. The number of hydrogen-bond acceptors (Lipinski definition) is 2. The van der Waals surface area contributed by atoms with Gasteiger partial charge < -0.3 is 15.6 Å². The van der Waals surface area contributed by atoms with Crippen LogP contribution in [0.3, 0.4) is 0 Å². The van der Waals surface area contributed by atoms with Gasteiger partial charge in [0.15, 0.2) is 0 Å². The van der Waals surface area contributed by atoms with Crippen molar-refractivity contribution in [3.63, 3.8) is 0 Å². The second-order valence-electron chi connectivity index (χ2n) is 4.29. The highest BCUT2D eigenvalue weighted by atomic mass is 19.4.